The van der Waals surface area contributed by atoms with Crippen molar-refractivity contribution in [2.75, 3.05) is 6.54 Å². The van der Waals surface area contributed by atoms with Gasteiger partial charge in [0.1, 0.15) is 11.6 Å². The summed E-state index contributed by atoms with van der Waals surface area (Å²) in [5, 5.41) is 11.6. The summed E-state index contributed by atoms with van der Waals surface area (Å²) in [6.07, 6.45) is 0.482. The number of hydrogen-bond donors (Lipinski definition) is 2. The second-order valence-electron chi connectivity index (χ2n) is 4.22. The van der Waals surface area contributed by atoms with Crippen LogP contribution in [0.5, 0.6) is 0 Å². The second kappa shape index (κ2) is 7.06. The minimum Gasteiger partial charge on any atom is -0.393 e. The number of hydrogen-bond acceptors (Lipinski definition) is 2. The Bertz CT molecular complexity index is 388. The van der Waals surface area contributed by atoms with E-state index >= 15 is 0 Å². The topological polar surface area (TPSA) is 49.3 Å². The second-order valence-corrected chi connectivity index (χ2v) is 4.22. The molecule has 0 saturated heterocycles. The molecule has 0 fully saturated rings. The van der Waals surface area contributed by atoms with Crippen LogP contribution in [0, 0.1) is 11.6 Å². The highest BCUT2D eigenvalue weighted by Gasteiger charge is 2.12. The van der Waals surface area contributed by atoms with Crippen LogP contribution in [-0.4, -0.2) is 23.7 Å². The molecule has 2 N–H and O–H groups in total. The van der Waals surface area contributed by atoms with Crippen LogP contribution in [-0.2, 0) is 11.2 Å². The van der Waals surface area contributed by atoms with Gasteiger partial charge in [0, 0.05) is 12.1 Å². The van der Waals surface area contributed by atoms with Crippen LogP contribution >= 0.6 is 0 Å². The molecule has 0 spiro atoms. The largest absolute Gasteiger partial charge is 0.393 e. The summed E-state index contributed by atoms with van der Waals surface area (Å²) in [5.74, 6) is -1.85. The van der Waals surface area contributed by atoms with Crippen molar-refractivity contribution in [2.24, 2.45) is 0 Å². The maximum atomic E-state index is 13.3. The molecule has 3 nitrogen and oxygen atoms in total. The third-order valence-corrected chi connectivity index (χ3v) is 2.52. The highest BCUT2D eigenvalue weighted by atomic mass is 19.1. The Morgan fingerprint density at radius 2 is 2.00 bits per heavy atom. The lowest BCUT2D eigenvalue weighted by Gasteiger charge is -2.07. The van der Waals surface area contributed by atoms with Crippen molar-refractivity contribution in [1.29, 1.82) is 0 Å². The lowest BCUT2D eigenvalue weighted by atomic mass is 10.1. The number of aliphatic hydroxyl groups excluding tert-OH is 1. The van der Waals surface area contributed by atoms with Crippen LogP contribution in [0.15, 0.2) is 18.2 Å². The van der Waals surface area contributed by atoms with Gasteiger partial charge in [-0.1, -0.05) is 6.07 Å². The Hall–Kier alpha value is -1.49. The minimum atomic E-state index is -0.714. The molecule has 1 rings (SSSR count). The van der Waals surface area contributed by atoms with E-state index in [-0.39, 0.29) is 12.0 Å². The van der Waals surface area contributed by atoms with Crippen molar-refractivity contribution in [1.82, 2.24) is 5.32 Å². The molecular weight excluding hydrogens is 240 g/mol. The zero-order valence-corrected chi connectivity index (χ0v) is 10.2. The van der Waals surface area contributed by atoms with Gasteiger partial charge >= 0.3 is 0 Å². The number of aliphatic hydroxyl groups is 1. The Labute approximate surface area is 105 Å². The highest BCUT2D eigenvalue weighted by molar-refractivity contribution is 5.78. The van der Waals surface area contributed by atoms with Gasteiger partial charge in [-0.25, -0.2) is 8.78 Å². The molecule has 1 unspecified atom stereocenters. The molecule has 1 atom stereocenters. The maximum Gasteiger partial charge on any atom is 0.224 e. The van der Waals surface area contributed by atoms with Crippen molar-refractivity contribution < 1.29 is 18.7 Å². The summed E-state index contributed by atoms with van der Waals surface area (Å²) in [6, 6.07) is 3.51. The molecule has 0 saturated carbocycles. The van der Waals surface area contributed by atoms with Crippen molar-refractivity contribution in [2.45, 2.75) is 32.3 Å². The summed E-state index contributed by atoms with van der Waals surface area (Å²) in [7, 11) is 0. The Balaban J connectivity index is 2.40. The average molecular weight is 257 g/mol. The molecule has 18 heavy (non-hydrogen) atoms. The van der Waals surface area contributed by atoms with Gasteiger partial charge in [-0.05, 0) is 31.9 Å². The molecule has 1 aromatic carbocycles. The summed E-state index contributed by atoms with van der Waals surface area (Å²) < 4.78 is 26.5. The molecule has 5 heteroatoms. The van der Waals surface area contributed by atoms with E-state index in [1.54, 1.807) is 6.92 Å². The van der Waals surface area contributed by atoms with E-state index in [4.69, 9.17) is 5.11 Å². The fourth-order valence-electron chi connectivity index (χ4n) is 1.55. The van der Waals surface area contributed by atoms with Crippen LogP contribution < -0.4 is 5.32 Å². The van der Waals surface area contributed by atoms with Gasteiger partial charge in [-0.3, -0.25) is 4.79 Å². The van der Waals surface area contributed by atoms with E-state index in [1.165, 1.54) is 6.07 Å². The summed E-state index contributed by atoms with van der Waals surface area (Å²) in [5.41, 5.74) is -0.217. The summed E-state index contributed by atoms with van der Waals surface area (Å²) in [6.45, 7) is 2.05. The first-order valence-electron chi connectivity index (χ1n) is 5.88. The Morgan fingerprint density at radius 3 is 2.56 bits per heavy atom. The Kier molecular flexibility index (Phi) is 5.71. The van der Waals surface area contributed by atoms with Crippen LogP contribution in [0.25, 0.3) is 0 Å². The SMILES string of the molecule is CC(O)CCCNC(=O)Cc1c(F)cccc1F. The average Bonchev–Trinajstić information content (AvgIpc) is 2.29. The van der Waals surface area contributed by atoms with E-state index in [0.717, 1.165) is 12.1 Å². The van der Waals surface area contributed by atoms with E-state index < -0.39 is 23.6 Å². The normalized spacial score (nSPS) is 12.2. The zero-order chi connectivity index (χ0) is 13.5. The molecule has 100 valence electrons. The van der Waals surface area contributed by atoms with Crippen molar-refractivity contribution in [3.05, 3.63) is 35.4 Å². The van der Waals surface area contributed by atoms with E-state index in [1.807, 2.05) is 0 Å². The summed E-state index contributed by atoms with van der Waals surface area (Å²) in [4.78, 5) is 11.5. The maximum absolute atomic E-state index is 13.3. The number of carbonyl (C=O) groups is 1. The van der Waals surface area contributed by atoms with Crippen LogP contribution in [0.4, 0.5) is 8.78 Å². The molecular formula is C13H17F2NO2. The smallest absolute Gasteiger partial charge is 0.224 e. The van der Waals surface area contributed by atoms with Crippen molar-refractivity contribution >= 4 is 5.91 Å². The van der Waals surface area contributed by atoms with E-state index in [9.17, 15) is 13.6 Å². The number of rotatable bonds is 6. The predicted octanol–water partition coefficient (Wildman–Crippen LogP) is 1.78. The van der Waals surface area contributed by atoms with Gasteiger partial charge in [0.25, 0.3) is 0 Å². The molecule has 0 aliphatic heterocycles. The number of carbonyl (C=O) groups excluding carboxylic acids is 1. The number of amides is 1. The fraction of sp³-hybridized carbons (Fsp3) is 0.462. The molecule has 0 heterocycles. The molecule has 0 aliphatic rings. The fourth-order valence-corrected chi connectivity index (χ4v) is 1.55. The zero-order valence-electron chi connectivity index (χ0n) is 10.2. The molecule has 0 aromatic heterocycles. The Morgan fingerprint density at radius 1 is 1.39 bits per heavy atom. The highest BCUT2D eigenvalue weighted by Crippen LogP contribution is 2.12. The van der Waals surface area contributed by atoms with Crippen LogP contribution in [0.3, 0.4) is 0 Å². The van der Waals surface area contributed by atoms with Gasteiger partial charge in [0.05, 0.1) is 12.5 Å². The van der Waals surface area contributed by atoms with Gasteiger partial charge in [0.2, 0.25) is 5.91 Å². The third-order valence-electron chi connectivity index (χ3n) is 2.52. The van der Waals surface area contributed by atoms with Gasteiger partial charge in [0.15, 0.2) is 0 Å². The molecule has 1 aromatic rings. The first kappa shape index (κ1) is 14.6. The first-order valence-corrected chi connectivity index (χ1v) is 5.88. The van der Waals surface area contributed by atoms with E-state index in [2.05, 4.69) is 5.32 Å². The molecule has 1 amide bonds. The molecule has 0 radical (unpaired) electrons. The van der Waals surface area contributed by atoms with Crippen molar-refractivity contribution in [3.8, 4) is 0 Å². The standard InChI is InChI=1S/C13H17F2NO2/c1-9(17)4-3-7-16-13(18)8-10-11(14)5-2-6-12(10)15/h2,5-6,9,17H,3-4,7-8H2,1H3,(H,16,18). The number of benzene rings is 1. The third kappa shape index (κ3) is 4.79. The molecule has 0 aliphatic carbocycles. The lowest BCUT2D eigenvalue weighted by molar-refractivity contribution is -0.120. The van der Waals surface area contributed by atoms with Crippen LogP contribution in [0.1, 0.15) is 25.3 Å². The quantitative estimate of drug-likeness (QED) is 0.763. The monoisotopic (exact) mass is 257 g/mol. The van der Waals surface area contributed by atoms with E-state index in [0.29, 0.717) is 19.4 Å². The van der Waals surface area contributed by atoms with Crippen molar-refractivity contribution in [3.63, 3.8) is 0 Å². The number of nitrogens with one attached hydrogen (secondary N) is 1. The first-order chi connectivity index (χ1) is 8.50. The van der Waals surface area contributed by atoms with Gasteiger partial charge in [-0.15, -0.1) is 0 Å². The number of halogens is 2. The van der Waals surface area contributed by atoms with Gasteiger partial charge in [-0.2, -0.15) is 0 Å². The summed E-state index contributed by atoms with van der Waals surface area (Å²) >= 11 is 0. The predicted molar refractivity (Wildman–Crippen MR) is 64.0 cm³/mol. The lowest BCUT2D eigenvalue weighted by Crippen LogP contribution is -2.27. The minimum absolute atomic E-state index is 0.217. The van der Waals surface area contributed by atoms with Crippen LogP contribution in [0.2, 0.25) is 0 Å². The molecule has 0 bridgehead atoms. The van der Waals surface area contributed by atoms with Gasteiger partial charge < -0.3 is 10.4 Å².